The molecule has 1 unspecified atom stereocenters. The minimum Gasteiger partial charge on any atom is -0.350 e. The predicted molar refractivity (Wildman–Crippen MR) is 131 cm³/mol. The second kappa shape index (κ2) is 9.93. The summed E-state index contributed by atoms with van der Waals surface area (Å²) < 4.78 is 4.78. The zero-order valence-electron chi connectivity index (χ0n) is 20.4. The van der Waals surface area contributed by atoms with E-state index in [0.29, 0.717) is 37.4 Å². The van der Waals surface area contributed by atoms with E-state index >= 15 is 0 Å². The number of benzene rings is 2. The molecule has 0 spiro atoms. The van der Waals surface area contributed by atoms with E-state index in [0.717, 1.165) is 23.1 Å². The van der Waals surface area contributed by atoms with Crippen molar-refractivity contribution in [3.05, 3.63) is 71.6 Å². The van der Waals surface area contributed by atoms with Gasteiger partial charge in [0.1, 0.15) is 12.1 Å². The predicted octanol–water partition coefficient (Wildman–Crippen LogP) is 3.02. The summed E-state index contributed by atoms with van der Waals surface area (Å²) in [6.07, 6.45) is 2.63. The highest BCUT2D eigenvalue weighted by Crippen LogP contribution is 2.30. The summed E-state index contributed by atoms with van der Waals surface area (Å²) in [6, 6.07) is 13.9. The number of likely N-dealkylation sites (tertiary alicyclic amines) is 1. The molecule has 2 aromatic carbocycles. The fourth-order valence-corrected chi connectivity index (χ4v) is 5.13. The molecule has 2 aliphatic heterocycles. The minimum absolute atomic E-state index is 0.0854. The molecule has 36 heavy (non-hydrogen) atoms. The maximum absolute atomic E-state index is 13.7. The smallest absolute Gasteiger partial charge is 0.255 e. The zero-order chi connectivity index (χ0) is 25.2. The van der Waals surface area contributed by atoms with Crippen LogP contribution in [0.4, 0.5) is 0 Å². The molecule has 0 radical (unpaired) electrons. The van der Waals surface area contributed by atoms with Crippen LogP contribution in [0.2, 0.25) is 0 Å². The maximum Gasteiger partial charge on any atom is 0.255 e. The van der Waals surface area contributed by atoms with Crippen molar-refractivity contribution >= 4 is 17.7 Å². The molecular formula is C27H29N5O4. The van der Waals surface area contributed by atoms with Crippen LogP contribution < -0.4 is 5.32 Å². The van der Waals surface area contributed by atoms with Gasteiger partial charge in [-0.25, -0.2) is 0 Å². The summed E-state index contributed by atoms with van der Waals surface area (Å²) in [5, 5.41) is 6.80. The van der Waals surface area contributed by atoms with Gasteiger partial charge in [0.25, 0.3) is 5.91 Å². The lowest BCUT2D eigenvalue weighted by molar-refractivity contribution is -0.143. The maximum atomic E-state index is 13.7. The minimum atomic E-state index is -0.615. The van der Waals surface area contributed by atoms with Gasteiger partial charge in [-0.15, -0.1) is 0 Å². The van der Waals surface area contributed by atoms with Crippen molar-refractivity contribution in [1.82, 2.24) is 25.3 Å². The lowest BCUT2D eigenvalue weighted by atomic mass is 10.0. The molecule has 1 saturated heterocycles. The number of hydrogen-bond acceptors (Lipinski definition) is 6. The average molecular weight is 488 g/mol. The number of nitrogens with zero attached hydrogens (tertiary/aromatic N) is 4. The Balaban J connectivity index is 1.25. The summed E-state index contributed by atoms with van der Waals surface area (Å²) >= 11 is 0. The first kappa shape index (κ1) is 23.7. The number of rotatable bonds is 7. The van der Waals surface area contributed by atoms with Crippen LogP contribution in [-0.2, 0) is 22.7 Å². The van der Waals surface area contributed by atoms with Crippen molar-refractivity contribution in [3.8, 4) is 11.4 Å². The lowest BCUT2D eigenvalue weighted by Gasteiger charge is -2.35. The first-order valence-corrected chi connectivity index (χ1v) is 12.3. The Bertz CT molecular complexity index is 1260. The van der Waals surface area contributed by atoms with Gasteiger partial charge in [0, 0.05) is 30.8 Å². The molecule has 9 heteroatoms. The SMILES string of the molecule is CC(C)C(C(=O)N1CCC[C@H]1C(=O)NCc1ccc(-c2ncon2)cc1)N1Cc2ccccc2C1=O. The summed E-state index contributed by atoms with van der Waals surface area (Å²) in [5.41, 5.74) is 3.33. The van der Waals surface area contributed by atoms with Crippen molar-refractivity contribution in [2.75, 3.05) is 6.54 Å². The molecule has 1 fully saturated rings. The van der Waals surface area contributed by atoms with Gasteiger partial charge >= 0.3 is 0 Å². The lowest BCUT2D eigenvalue weighted by Crippen LogP contribution is -2.55. The third-order valence-corrected chi connectivity index (χ3v) is 6.95. The van der Waals surface area contributed by atoms with Gasteiger partial charge in [-0.2, -0.15) is 4.98 Å². The molecule has 2 atom stereocenters. The van der Waals surface area contributed by atoms with Crippen LogP contribution in [0, 0.1) is 5.92 Å². The third kappa shape index (κ3) is 4.48. The summed E-state index contributed by atoms with van der Waals surface area (Å²) in [5.74, 6) is -0.0419. The molecule has 2 aliphatic rings. The van der Waals surface area contributed by atoms with Crippen molar-refractivity contribution in [3.63, 3.8) is 0 Å². The summed E-state index contributed by atoms with van der Waals surface area (Å²) in [4.78, 5) is 47.3. The highest BCUT2D eigenvalue weighted by atomic mass is 16.5. The molecular weight excluding hydrogens is 458 g/mol. The Kier molecular flexibility index (Phi) is 6.54. The largest absolute Gasteiger partial charge is 0.350 e. The van der Waals surface area contributed by atoms with Crippen LogP contribution in [0.25, 0.3) is 11.4 Å². The van der Waals surface area contributed by atoms with E-state index < -0.39 is 12.1 Å². The quantitative estimate of drug-likeness (QED) is 0.549. The second-order valence-electron chi connectivity index (χ2n) is 9.64. The summed E-state index contributed by atoms with van der Waals surface area (Å²) in [6.45, 7) is 5.16. The zero-order valence-corrected chi connectivity index (χ0v) is 20.4. The van der Waals surface area contributed by atoms with Gasteiger partial charge in [0.2, 0.25) is 24.0 Å². The topological polar surface area (TPSA) is 109 Å². The third-order valence-electron chi connectivity index (χ3n) is 6.95. The number of hydrogen-bond donors (Lipinski definition) is 1. The van der Waals surface area contributed by atoms with E-state index in [1.54, 1.807) is 15.9 Å². The molecule has 0 bridgehead atoms. The van der Waals surface area contributed by atoms with Gasteiger partial charge in [0.15, 0.2) is 0 Å². The van der Waals surface area contributed by atoms with Gasteiger partial charge in [-0.05, 0) is 36.0 Å². The van der Waals surface area contributed by atoms with Crippen LogP contribution in [0.1, 0.15) is 48.2 Å². The average Bonchev–Trinajstić information content (AvgIpc) is 3.64. The Morgan fingerprint density at radius 3 is 2.61 bits per heavy atom. The fraction of sp³-hybridized carbons (Fsp3) is 0.370. The highest BCUT2D eigenvalue weighted by Gasteiger charge is 2.43. The number of aromatic nitrogens is 2. The normalized spacial score (nSPS) is 18.0. The molecule has 3 aromatic rings. The number of carbonyl (C=O) groups excluding carboxylic acids is 3. The van der Waals surface area contributed by atoms with Gasteiger partial charge in [-0.3, -0.25) is 14.4 Å². The van der Waals surface area contributed by atoms with Gasteiger partial charge in [-0.1, -0.05) is 61.5 Å². The van der Waals surface area contributed by atoms with E-state index in [9.17, 15) is 14.4 Å². The van der Waals surface area contributed by atoms with Crippen molar-refractivity contribution in [1.29, 1.82) is 0 Å². The number of nitrogens with one attached hydrogen (secondary N) is 1. The monoisotopic (exact) mass is 487 g/mol. The van der Waals surface area contributed by atoms with E-state index in [-0.39, 0.29) is 23.6 Å². The molecule has 1 N–H and O–H groups in total. The number of amides is 3. The van der Waals surface area contributed by atoms with E-state index in [4.69, 9.17) is 4.52 Å². The standard InChI is InChI=1S/C27H29N5O4/c1-17(2)23(32-15-20-6-3-4-7-21(20)26(32)34)27(35)31-13-5-8-22(31)25(33)28-14-18-9-11-19(12-10-18)24-29-16-36-30-24/h3-4,6-7,9-12,16-17,22-23H,5,8,13-15H2,1-2H3,(H,28,33)/t22-,23?/m0/s1. The van der Waals surface area contributed by atoms with E-state index in [1.807, 2.05) is 56.3 Å². The van der Waals surface area contributed by atoms with E-state index in [1.165, 1.54) is 6.39 Å². The van der Waals surface area contributed by atoms with Crippen LogP contribution in [0.15, 0.2) is 59.4 Å². The van der Waals surface area contributed by atoms with Crippen LogP contribution in [0.3, 0.4) is 0 Å². The molecule has 3 amide bonds. The summed E-state index contributed by atoms with van der Waals surface area (Å²) in [7, 11) is 0. The van der Waals surface area contributed by atoms with Crippen molar-refractivity contribution < 1.29 is 18.9 Å². The Morgan fingerprint density at radius 1 is 1.14 bits per heavy atom. The molecule has 5 rings (SSSR count). The van der Waals surface area contributed by atoms with Crippen molar-refractivity contribution in [2.24, 2.45) is 5.92 Å². The molecule has 9 nitrogen and oxygen atoms in total. The van der Waals surface area contributed by atoms with Crippen LogP contribution >= 0.6 is 0 Å². The number of carbonyl (C=O) groups is 3. The fourth-order valence-electron chi connectivity index (χ4n) is 5.13. The van der Waals surface area contributed by atoms with Gasteiger partial charge < -0.3 is 19.6 Å². The molecule has 186 valence electrons. The first-order chi connectivity index (χ1) is 17.4. The molecule has 0 aliphatic carbocycles. The molecule has 0 saturated carbocycles. The first-order valence-electron chi connectivity index (χ1n) is 12.3. The van der Waals surface area contributed by atoms with E-state index in [2.05, 4.69) is 15.5 Å². The molecule has 1 aromatic heterocycles. The van der Waals surface area contributed by atoms with Gasteiger partial charge in [0.05, 0.1) is 0 Å². The Hall–Kier alpha value is -4.01. The van der Waals surface area contributed by atoms with Crippen LogP contribution in [-0.4, -0.2) is 56.3 Å². The van der Waals surface area contributed by atoms with Crippen LogP contribution in [0.5, 0.6) is 0 Å². The Morgan fingerprint density at radius 2 is 1.92 bits per heavy atom. The number of fused-ring (bicyclic) bond motifs is 1. The second-order valence-corrected chi connectivity index (χ2v) is 9.64. The van der Waals surface area contributed by atoms with Crippen molar-refractivity contribution in [2.45, 2.75) is 51.9 Å². The molecule has 3 heterocycles. The Labute approximate surface area is 209 Å². The highest BCUT2D eigenvalue weighted by molar-refractivity contribution is 6.01.